The van der Waals surface area contributed by atoms with Gasteiger partial charge < -0.3 is 0 Å². The SMILES string of the molecule is O=S(=O)(/C=C/c1ccccc1Cl)Cc1ccccc1. The van der Waals surface area contributed by atoms with Crippen LogP contribution in [0.5, 0.6) is 0 Å². The van der Waals surface area contributed by atoms with Crippen LogP contribution in [0.3, 0.4) is 0 Å². The molecule has 2 nitrogen and oxygen atoms in total. The van der Waals surface area contributed by atoms with Gasteiger partial charge in [-0.15, -0.1) is 0 Å². The first kappa shape index (κ1) is 13.8. The molecule has 98 valence electrons. The lowest BCUT2D eigenvalue weighted by Crippen LogP contribution is -1.99. The van der Waals surface area contributed by atoms with Gasteiger partial charge in [0.1, 0.15) is 0 Å². The minimum atomic E-state index is -3.29. The van der Waals surface area contributed by atoms with Gasteiger partial charge in [-0.3, -0.25) is 0 Å². The van der Waals surface area contributed by atoms with Crippen molar-refractivity contribution >= 4 is 27.5 Å². The normalized spacial score (nSPS) is 11.8. The Hall–Kier alpha value is -1.58. The highest BCUT2D eigenvalue weighted by Gasteiger charge is 2.07. The smallest absolute Gasteiger partial charge is 0.175 e. The third-order valence-corrected chi connectivity index (χ3v) is 4.20. The van der Waals surface area contributed by atoms with Crippen molar-refractivity contribution in [1.82, 2.24) is 0 Å². The maximum atomic E-state index is 12.0. The fraction of sp³-hybridized carbons (Fsp3) is 0.0667. The van der Waals surface area contributed by atoms with E-state index in [0.29, 0.717) is 10.6 Å². The van der Waals surface area contributed by atoms with Crippen molar-refractivity contribution in [2.24, 2.45) is 0 Å². The zero-order valence-electron chi connectivity index (χ0n) is 10.2. The lowest BCUT2D eigenvalue weighted by Gasteiger charge is -2.00. The Balaban J connectivity index is 2.16. The Kier molecular flexibility index (Phi) is 4.40. The monoisotopic (exact) mass is 292 g/mol. The lowest BCUT2D eigenvalue weighted by molar-refractivity contribution is 0.604. The third-order valence-electron chi connectivity index (χ3n) is 2.57. The van der Waals surface area contributed by atoms with Gasteiger partial charge in [0, 0.05) is 10.4 Å². The van der Waals surface area contributed by atoms with E-state index in [-0.39, 0.29) is 5.75 Å². The quantitative estimate of drug-likeness (QED) is 0.856. The molecule has 4 heteroatoms. The molecule has 0 aliphatic heterocycles. The Morgan fingerprint density at radius 2 is 1.58 bits per heavy atom. The van der Waals surface area contributed by atoms with Crippen molar-refractivity contribution in [2.45, 2.75) is 5.75 Å². The van der Waals surface area contributed by atoms with Gasteiger partial charge in [0.25, 0.3) is 0 Å². The number of hydrogen-bond acceptors (Lipinski definition) is 2. The molecule has 0 atom stereocenters. The molecule has 0 N–H and O–H groups in total. The summed E-state index contributed by atoms with van der Waals surface area (Å²) >= 11 is 5.97. The third kappa shape index (κ3) is 4.23. The van der Waals surface area contributed by atoms with Crippen LogP contribution in [0.15, 0.2) is 60.0 Å². The van der Waals surface area contributed by atoms with Crippen molar-refractivity contribution in [3.63, 3.8) is 0 Å². The van der Waals surface area contributed by atoms with Gasteiger partial charge >= 0.3 is 0 Å². The second-order valence-electron chi connectivity index (χ2n) is 4.12. The van der Waals surface area contributed by atoms with Crippen molar-refractivity contribution < 1.29 is 8.42 Å². The largest absolute Gasteiger partial charge is 0.224 e. The van der Waals surface area contributed by atoms with Crippen LogP contribution in [-0.4, -0.2) is 8.42 Å². The second-order valence-corrected chi connectivity index (χ2v) is 6.41. The maximum Gasteiger partial charge on any atom is 0.175 e. The topological polar surface area (TPSA) is 34.1 Å². The summed E-state index contributed by atoms with van der Waals surface area (Å²) < 4.78 is 23.9. The number of rotatable bonds is 4. The first-order valence-corrected chi connectivity index (χ1v) is 7.85. The standard InChI is InChI=1S/C15H13ClO2S/c16-15-9-5-4-8-14(15)10-11-19(17,18)12-13-6-2-1-3-7-13/h1-11H,12H2/b11-10+. The zero-order valence-corrected chi connectivity index (χ0v) is 11.7. The number of benzene rings is 2. The highest BCUT2D eigenvalue weighted by Crippen LogP contribution is 2.17. The molecule has 0 aromatic heterocycles. The summed E-state index contributed by atoms with van der Waals surface area (Å²) in [5, 5.41) is 1.75. The molecule has 0 saturated heterocycles. The van der Waals surface area contributed by atoms with Crippen LogP contribution < -0.4 is 0 Å². The van der Waals surface area contributed by atoms with E-state index in [0.717, 1.165) is 5.56 Å². The molecule has 0 saturated carbocycles. The van der Waals surface area contributed by atoms with Crippen molar-refractivity contribution in [1.29, 1.82) is 0 Å². The summed E-state index contributed by atoms with van der Waals surface area (Å²) in [5.74, 6) is -0.00517. The van der Waals surface area contributed by atoms with E-state index in [1.54, 1.807) is 30.3 Å². The summed E-state index contributed by atoms with van der Waals surface area (Å²) in [6.45, 7) is 0. The molecule has 0 heterocycles. The van der Waals surface area contributed by atoms with Crippen LogP contribution in [0, 0.1) is 0 Å². The molecule has 0 amide bonds. The highest BCUT2D eigenvalue weighted by atomic mass is 35.5. The molecule has 2 aromatic carbocycles. The Labute approximate surface area is 118 Å². The summed E-state index contributed by atoms with van der Waals surface area (Å²) in [6, 6.07) is 16.2. The number of hydrogen-bond donors (Lipinski definition) is 0. The zero-order chi connectivity index (χ0) is 13.7. The van der Waals surface area contributed by atoms with Gasteiger partial charge in [0.2, 0.25) is 0 Å². The van der Waals surface area contributed by atoms with Gasteiger partial charge in [0.05, 0.1) is 5.75 Å². The molecule has 0 bridgehead atoms. The van der Waals surface area contributed by atoms with Crippen molar-refractivity contribution in [3.8, 4) is 0 Å². The molecule has 0 radical (unpaired) electrons. The van der Waals surface area contributed by atoms with Crippen LogP contribution in [0.4, 0.5) is 0 Å². The predicted octanol–water partition coefficient (Wildman–Crippen LogP) is 3.93. The Morgan fingerprint density at radius 1 is 0.947 bits per heavy atom. The first-order chi connectivity index (χ1) is 9.07. The maximum absolute atomic E-state index is 12.0. The van der Waals surface area contributed by atoms with Crippen molar-refractivity contribution in [3.05, 3.63) is 76.2 Å². The molecular formula is C15H13ClO2S. The molecular weight excluding hydrogens is 280 g/mol. The molecule has 0 fully saturated rings. The minimum Gasteiger partial charge on any atom is -0.224 e. The molecule has 19 heavy (non-hydrogen) atoms. The van der Waals surface area contributed by atoms with E-state index in [2.05, 4.69) is 0 Å². The molecule has 2 aromatic rings. The van der Waals surface area contributed by atoms with Gasteiger partial charge in [-0.05, 0) is 23.3 Å². The van der Waals surface area contributed by atoms with Gasteiger partial charge in [0.15, 0.2) is 9.84 Å². The van der Waals surface area contributed by atoms with Gasteiger partial charge in [-0.2, -0.15) is 0 Å². The average molecular weight is 293 g/mol. The predicted molar refractivity (Wildman–Crippen MR) is 79.6 cm³/mol. The summed E-state index contributed by atoms with van der Waals surface area (Å²) in [4.78, 5) is 0. The van der Waals surface area contributed by atoms with Gasteiger partial charge in [-0.25, -0.2) is 8.42 Å². The molecule has 0 aliphatic carbocycles. The van der Waals surface area contributed by atoms with Crippen LogP contribution in [0.1, 0.15) is 11.1 Å². The number of sulfone groups is 1. The first-order valence-electron chi connectivity index (χ1n) is 5.76. The number of halogens is 1. The van der Waals surface area contributed by atoms with Crippen LogP contribution in [-0.2, 0) is 15.6 Å². The minimum absolute atomic E-state index is 0.00517. The average Bonchev–Trinajstić information content (AvgIpc) is 2.38. The van der Waals surface area contributed by atoms with E-state index in [9.17, 15) is 8.42 Å². The van der Waals surface area contributed by atoms with Crippen LogP contribution in [0.25, 0.3) is 6.08 Å². The van der Waals surface area contributed by atoms with E-state index in [4.69, 9.17) is 11.6 Å². The van der Waals surface area contributed by atoms with E-state index in [1.807, 2.05) is 24.3 Å². The molecule has 0 aliphatic rings. The highest BCUT2D eigenvalue weighted by molar-refractivity contribution is 7.93. The molecule has 0 spiro atoms. The summed E-state index contributed by atoms with van der Waals surface area (Å²) in [5.41, 5.74) is 1.46. The summed E-state index contributed by atoms with van der Waals surface area (Å²) in [6.07, 6.45) is 1.53. The van der Waals surface area contributed by atoms with E-state index >= 15 is 0 Å². The van der Waals surface area contributed by atoms with Crippen LogP contribution >= 0.6 is 11.6 Å². The van der Waals surface area contributed by atoms with Crippen molar-refractivity contribution in [2.75, 3.05) is 0 Å². The van der Waals surface area contributed by atoms with Crippen LogP contribution in [0.2, 0.25) is 5.02 Å². The lowest BCUT2D eigenvalue weighted by atomic mass is 10.2. The molecule has 0 unspecified atom stereocenters. The van der Waals surface area contributed by atoms with Gasteiger partial charge in [-0.1, -0.05) is 60.1 Å². The fourth-order valence-corrected chi connectivity index (χ4v) is 2.95. The second kappa shape index (κ2) is 6.04. The molecule has 2 rings (SSSR count). The van der Waals surface area contributed by atoms with E-state index < -0.39 is 9.84 Å². The van der Waals surface area contributed by atoms with E-state index in [1.165, 1.54) is 11.5 Å². The Morgan fingerprint density at radius 3 is 2.26 bits per heavy atom. The Bertz CT molecular complexity index is 676. The fourth-order valence-electron chi connectivity index (χ4n) is 1.64. The summed E-state index contributed by atoms with van der Waals surface area (Å²) in [7, 11) is -3.29.